The van der Waals surface area contributed by atoms with Gasteiger partial charge in [-0.15, -0.1) is 0 Å². The Hall–Kier alpha value is -1.43. The molecule has 1 amide bonds. The number of carboxylic acids is 1. The molecule has 1 aliphatic heterocycles. The van der Waals surface area contributed by atoms with E-state index in [1.807, 2.05) is 0 Å². The average Bonchev–Trinajstić information content (AvgIpc) is 2.73. The molecule has 2 rings (SSSR count). The maximum atomic E-state index is 13.2. The molecule has 1 N–H and O–H groups in total. The number of benzene rings is 1. The minimum absolute atomic E-state index is 0.220. The quantitative estimate of drug-likeness (QED) is 0.907. The molecule has 1 fully saturated rings. The van der Waals surface area contributed by atoms with Gasteiger partial charge in [-0.3, -0.25) is 9.59 Å². The highest BCUT2D eigenvalue weighted by Gasteiger charge is 2.38. The second-order valence-corrected chi connectivity index (χ2v) is 5.45. The smallest absolute Gasteiger partial charge is 0.308 e. The molecular weight excluding hydrogens is 317 g/mol. The van der Waals surface area contributed by atoms with Crippen LogP contribution in [0.5, 0.6) is 0 Å². The van der Waals surface area contributed by atoms with Crippen molar-refractivity contribution >= 4 is 27.8 Å². The van der Waals surface area contributed by atoms with Crippen molar-refractivity contribution in [3.63, 3.8) is 0 Å². The standard InChI is InChI=1S/C13H13BrFNO3/c1-7-9(13(18)19)4-5-16(7)12(17)10-6-8(15)2-3-11(10)14/h2-3,6-7,9H,4-5H2,1H3,(H,18,19). The van der Waals surface area contributed by atoms with Gasteiger partial charge in [0.1, 0.15) is 5.82 Å². The van der Waals surface area contributed by atoms with Gasteiger partial charge in [-0.2, -0.15) is 0 Å². The lowest BCUT2D eigenvalue weighted by molar-refractivity contribution is -0.142. The molecule has 0 aromatic heterocycles. The number of amides is 1. The van der Waals surface area contributed by atoms with Crippen LogP contribution in [0, 0.1) is 11.7 Å². The van der Waals surface area contributed by atoms with E-state index in [2.05, 4.69) is 15.9 Å². The maximum absolute atomic E-state index is 13.2. The van der Waals surface area contributed by atoms with E-state index in [0.717, 1.165) is 6.07 Å². The molecule has 102 valence electrons. The Kier molecular flexibility index (Phi) is 3.89. The third-order valence-corrected chi connectivity index (χ3v) is 4.18. The average molecular weight is 330 g/mol. The van der Waals surface area contributed by atoms with E-state index >= 15 is 0 Å². The number of hydrogen-bond donors (Lipinski definition) is 1. The van der Waals surface area contributed by atoms with Crippen LogP contribution in [0.3, 0.4) is 0 Å². The van der Waals surface area contributed by atoms with Gasteiger partial charge in [0, 0.05) is 17.1 Å². The van der Waals surface area contributed by atoms with E-state index in [1.165, 1.54) is 17.0 Å². The number of nitrogens with zero attached hydrogens (tertiary/aromatic N) is 1. The molecule has 0 saturated carbocycles. The molecule has 1 aromatic carbocycles. The van der Waals surface area contributed by atoms with Gasteiger partial charge in [0.05, 0.1) is 11.5 Å². The van der Waals surface area contributed by atoms with E-state index in [-0.39, 0.29) is 17.5 Å². The van der Waals surface area contributed by atoms with Crippen LogP contribution >= 0.6 is 15.9 Å². The fourth-order valence-corrected chi connectivity index (χ4v) is 2.79. The summed E-state index contributed by atoms with van der Waals surface area (Å²) >= 11 is 3.21. The fraction of sp³-hybridized carbons (Fsp3) is 0.385. The number of carbonyl (C=O) groups excluding carboxylic acids is 1. The largest absolute Gasteiger partial charge is 0.481 e. The lowest BCUT2D eigenvalue weighted by atomic mass is 10.0. The topological polar surface area (TPSA) is 57.6 Å². The zero-order valence-electron chi connectivity index (χ0n) is 10.3. The third-order valence-electron chi connectivity index (χ3n) is 3.49. The number of carbonyl (C=O) groups is 2. The van der Waals surface area contributed by atoms with Crippen LogP contribution in [-0.2, 0) is 4.79 Å². The van der Waals surface area contributed by atoms with E-state index in [9.17, 15) is 14.0 Å². The van der Waals surface area contributed by atoms with E-state index in [1.54, 1.807) is 6.92 Å². The van der Waals surface area contributed by atoms with Crippen molar-refractivity contribution in [1.82, 2.24) is 4.90 Å². The molecule has 1 heterocycles. The molecule has 0 radical (unpaired) electrons. The number of halogens is 2. The number of aliphatic carboxylic acids is 1. The van der Waals surface area contributed by atoms with Crippen LogP contribution in [0.2, 0.25) is 0 Å². The Labute approximate surface area is 118 Å². The first-order chi connectivity index (χ1) is 8.91. The van der Waals surface area contributed by atoms with Gasteiger partial charge in [0.25, 0.3) is 5.91 Å². The van der Waals surface area contributed by atoms with Crippen molar-refractivity contribution in [3.05, 3.63) is 34.1 Å². The Bertz CT molecular complexity index is 535. The van der Waals surface area contributed by atoms with Crippen molar-refractivity contribution < 1.29 is 19.1 Å². The first kappa shape index (κ1) is 14.0. The molecule has 4 nitrogen and oxygen atoms in total. The molecule has 1 aromatic rings. The van der Waals surface area contributed by atoms with E-state index in [4.69, 9.17) is 5.11 Å². The summed E-state index contributed by atoms with van der Waals surface area (Å²) in [4.78, 5) is 24.8. The number of likely N-dealkylation sites (tertiary alicyclic amines) is 1. The number of hydrogen-bond acceptors (Lipinski definition) is 2. The van der Waals surface area contributed by atoms with Gasteiger partial charge < -0.3 is 10.0 Å². The number of carboxylic acid groups (broad SMARTS) is 1. The van der Waals surface area contributed by atoms with E-state index in [0.29, 0.717) is 17.4 Å². The first-order valence-electron chi connectivity index (χ1n) is 5.90. The summed E-state index contributed by atoms with van der Waals surface area (Å²) < 4.78 is 13.7. The normalized spacial score (nSPS) is 22.6. The molecule has 19 heavy (non-hydrogen) atoms. The molecule has 1 aliphatic rings. The van der Waals surface area contributed by atoms with Gasteiger partial charge in [-0.25, -0.2) is 4.39 Å². The second kappa shape index (κ2) is 5.28. The van der Waals surface area contributed by atoms with Crippen molar-refractivity contribution in [1.29, 1.82) is 0 Å². The third kappa shape index (κ3) is 2.63. The predicted octanol–water partition coefficient (Wildman–Crippen LogP) is 2.52. The zero-order valence-corrected chi connectivity index (χ0v) is 11.9. The fourth-order valence-electron chi connectivity index (χ4n) is 2.37. The van der Waals surface area contributed by atoms with Crippen molar-refractivity contribution in [3.8, 4) is 0 Å². The summed E-state index contributed by atoms with van der Waals surface area (Å²) in [6.07, 6.45) is 0.426. The monoisotopic (exact) mass is 329 g/mol. The molecule has 6 heteroatoms. The Balaban J connectivity index is 2.26. The van der Waals surface area contributed by atoms with Crippen molar-refractivity contribution in [2.45, 2.75) is 19.4 Å². The minimum Gasteiger partial charge on any atom is -0.481 e. The Morgan fingerprint density at radius 3 is 2.74 bits per heavy atom. The summed E-state index contributed by atoms with van der Waals surface area (Å²) in [5.74, 6) is -2.30. The lowest BCUT2D eigenvalue weighted by Gasteiger charge is -2.23. The molecule has 2 unspecified atom stereocenters. The van der Waals surface area contributed by atoms with Crippen molar-refractivity contribution in [2.75, 3.05) is 6.54 Å². The van der Waals surface area contributed by atoms with Crippen LogP contribution in [0.15, 0.2) is 22.7 Å². The molecule has 0 aliphatic carbocycles. The first-order valence-corrected chi connectivity index (χ1v) is 6.70. The molecule has 0 spiro atoms. The van der Waals surface area contributed by atoms with Gasteiger partial charge in [-0.05, 0) is 47.5 Å². The number of rotatable bonds is 2. The maximum Gasteiger partial charge on any atom is 0.308 e. The van der Waals surface area contributed by atoms with Gasteiger partial charge in [0.2, 0.25) is 0 Å². The van der Waals surface area contributed by atoms with E-state index < -0.39 is 17.7 Å². The van der Waals surface area contributed by atoms with Crippen LogP contribution in [0.25, 0.3) is 0 Å². The predicted molar refractivity (Wildman–Crippen MR) is 70.3 cm³/mol. The Morgan fingerprint density at radius 1 is 1.47 bits per heavy atom. The molecule has 2 atom stereocenters. The second-order valence-electron chi connectivity index (χ2n) is 4.60. The lowest BCUT2D eigenvalue weighted by Crippen LogP contribution is -2.37. The summed E-state index contributed by atoms with van der Waals surface area (Å²) in [5, 5.41) is 9.05. The summed E-state index contributed by atoms with van der Waals surface area (Å²) in [5.41, 5.74) is 0.220. The molecule has 1 saturated heterocycles. The molecule has 0 bridgehead atoms. The van der Waals surface area contributed by atoms with Crippen LogP contribution in [-0.4, -0.2) is 34.5 Å². The van der Waals surface area contributed by atoms with Crippen LogP contribution in [0.1, 0.15) is 23.7 Å². The summed E-state index contributed by atoms with van der Waals surface area (Å²) in [7, 11) is 0. The zero-order chi connectivity index (χ0) is 14.2. The minimum atomic E-state index is -0.902. The summed E-state index contributed by atoms with van der Waals surface area (Å²) in [6.45, 7) is 2.08. The summed E-state index contributed by atoms with van der Waals surface area (Å²) in [6, 6.07) is 3.50. The van der Waals surface area contributed by atoms with Gasteiger partial charge in [-0.1, -0.05) is 0 Å². The van der Waals surface area contributed by atoms with Gasteiger partial charge >= 0.3 is 5.97 Å². The van der Waals surface area contributed by atoms with Crippen LogP contribution in [0.4, 0.5) is 4.39 Å². The van der Waals surface area contributed by atoms with Crippen LogP contribution < -0.4 is 0 Å². The SMILES string of the molecule is CC1C(C(=O)O)CCN1C(=O)c1cc(F)ccc1Br. The van der Waals surface area contributed by atoms with Crippen molar-refractivity contribution in [2.24, 2.45) is 5.92 Å². The van der Waals surface area contributed by atoms with Gasteiger partial charge in [0.15, 0.2) is 0 Å². The Morgan fingerprint density at radius 2 is 2.16 bits per heavy atom. The highest BCUT2D eigenvalue weighted by atomic mass is 79.9. The highest BCUT2D eigenvalue weighted by Crippen LogP contribution is 2.28. The highest BCUT2D eigenvalue weighted by molar-refractivity contribution is 9.10. The molecular formula is C13H13BrFNO3.